The van der Waals surface area contributed by atoms with Gasteiger partial charge in [-0.25, -0.2) is 0 Å². The maximum Gasteiger partial charge on any atom is 0.168 e. The lowest BCUT2D eigenvalue weighted by Gasteiger charge is -2.16. The lowest BCUT2D eigenvalue weighted by molar-refractivity contribution is -0.133. The van der Waals surface area contributed by atoms with Crippen LogP contribution in [0.3, 0.4) is 0 Å². The second kappa shape index (κ2) is 7.76. The summed E-state index contributed by atoms with van der Waals surface area (Å²) in [6.45, 7) is 4.19. The van der Waals surface area contributed by atoms with Gasteiger partial charge in [-0.05, 0) is 47.5 Å². The number of hydrogen-bond donors (Lipinski definition) is 1. The first-order chi connectivity index (χ1) is 9.34. The Morgan fingerprint density at radius 2 is 2.05 bits per heavy atom. The molecule has 0 spiro atoms. The third kappa shape index (κ3) is 5.61. The van der Waals surface area contributed by atoms with Crippen molar-refractivity contribution in [2.24, 2.45) is 0 Å². The Morgan fingerprint density at radius 3 is 2.65 bits per heavy atom. The average Bonchev–Trinajstić information content (AvgIpc) is 2.37. The Bertz CT molecular complexity index is 452. The molecule has 5 heteroatoms. The van der Waals surface area contributed by atoms with Gasteiger partial charge in [0.1, 0.15) is 11.4 Å². The number of benzene rings is 1. The predicted octanol–water partition coefficient (Wildman–Crippen LogP) is 2.75. The van der Waals surface area contributed by atoms with Crippen LogP contribution in [-0.2, 0) is 16.0 Å². The van der Waals surface area contributed by atoms with Gasteiger partial charge in [-0.15, -0.1) is 0 Å². The molecule has 1 N–H and O–H groups in total. The van der Waals surface area contributed by atoms with Gasteiger partial charge in [0, 0.05) is 26.6 Å². The zero-order valence-corrected chi connectivity index (χ0v) is 13.7. The van der Waals surface area contributed by atoms with Gasteiger partial charge >= 0.3 is 0 Å². The summed E-state index contributed by atoms with van der Waals surface area (Å²) in [5.74, 6) is 0.479. The molecule has 0 atom stereocenters. The van der Waals surface area contributed by atoms with Gasteiger partial charge in [-0.3, -0.25) is 4.79 Å². The van der Waals surface area contributed by atoms with Gasteiger partial charge in [0.25, 0.3) is 0 Å². The first-order valence-electron chi connectivity index (χ1n) is 6.50. The SMILES string of the molecule is COCCCOc1cc(CC(=O)C(C)(C)O)ccc1Br. The smallest absolute Gasteiger partial charge is 0.168 e. The third-order valence-electron chi connectivity index (χ3n) is 2.79. The highest BCUT2D eigenvalue weighted by molar-refractivity contribution is 9.10. The van der Waals surface area contributed by atoms with E-state index in [1.165, 1.54) is 13.8 Å². The van der Waals surface area contributed by atoms with Crippen LogP contribution >= 0.6 is 15.9 Å². The molecule has 0 heterocycles. The van der Waals surface area contributed by atoms with E-state index in [-0.39, 0.29) is 12.2 Å². The van der Waals surface area contributed by atoms with Crippen molar-refractivity contribution in [1.82, 2.24) is 0 Å². The predicted molar refractivity (Wildman–Crippen MR) is 81.1 cm³/mol. The first kappa shape index (κ1) is 17.1. The third-order valence-corrected chi connectivity index (χ3v) is 3.45. The average molecular weight is 345 g/mol. The highest BCUT2D eigenvalue weighted by atomic mass is 79.9. The monoisotopic (exact) mass is 344 g/mol. The molecule has 1 aromatic carbocycles. The van der Waals surface area contributed by atoms with E-state index in [1.54, 1.807) is 7.11 Å². The number of hydrogen-bond acceptors (Lipinski definition) is 4. The van der Waals surface area contributed by atoms with Crippen molar-refractivity contribution in [2.45, 2.75) is 32.3 Å². The highest BCUT2D eigenvalue weighted by Gasteiger charge is 2.23. The molecule has 0 amide bonds. The van der Waals surface area contributed by atoms with Crippen molar-refractivity contribution in [1.29, 1.82) is 0 Å². The van der Waals surface area contributed by atoms with Crippen LogP contribution in [0.15, 0.2) is 22.7 Å². The molecule has 0 fully saturated rings. The molecule has 0 saturated carbocycles. The lowest BCUT2D eigenvalue weighted by atomic mass is 9.97. The molecular formula is C15H21BrO4. The van der Waals surface area contributed by atoms with E-state index >= 15 is 0 Å². The zero-order chi connectivity index (χ0) is 15.2. The van der Waals surface area contributed by atoms with Crippen LogP contribution in [0, 0.1) is 0 Å². The van der Waals surface area contributed by atoms with Gasteiger partial charge in [-0.2, -0.15) is 0 Å². The van der Waals surface area contributed by atoms with Crippen molar-refractivity contribution in [2.75, 3.05) is 20.3 Å². The fourth-order valence-corrected chi connectivity index (χ4v) is 1.92. The van der Waals surface area contributed by atoms with Crippen LogP contribution in [0.5, 0.6) is 5.75 Å². The molecule has 0 unspecified atom stereocenters. The molecule has 0 saturated heterocycles. The molecule has 0 aromatic heterocycles. The van der Waals surface area contributed by atoms with Gasteiger partial charge in [-0.1, -0.05) is 6.07 Å². The second-order valence-corrected chi connectivity index (χ2v) is 5.97. The number of methoxy groups -OCH3 is 1. The summed E-state index contributed by atoms with van der Waals surface area (Å²) in [6.07, 6.45) is 0.987. The molecular weight excluding hydrogens is 324 g/mol. The number of ketones is 1. The second-order valence-electron chi connectivity index (χ2n) is 5.12. The van der Waals surface area contributed by atoms with E-state index in [2.05, 4.69) is 15.9 Å². The minimum absolute atomic E-state index is 0.186. The number of aliphatic hydroxyl groups is 1. The Hall–Kier alpha value is -0.910. The number of Topliss-reactive ketones (excluding diaryl/α,β-unsaturated/α-hetero) is 1. The number of ether oxygens (including phenoxy) is 2. The van der Waals surface area contributed by atoms with Crippen LogP contribution in [0.2, 0.25) is 0 Å². The molecule has 0 bridgehead atoms. The van der Waals surface area contributed by atoms with Crippen molar-refractivity contribution >= 4 is 21.7 Å². The number of halogens is 1. The molecule has 0 aliphatic heterocycles. The minimum Gasteiger partial charge on any atom is -0.492 e. The fraction of sp³-hybridized carbons (Fsp3) is 0.533. The van der Waals surface area contributed by atoms with Gasteiger partial charge in [0.15, 0.2) is 5.78 Å². The minimum atomic E-state index is -1.31. The van der Waals surface area contributed by atoms with Crippen LogP contribution in [0.1, 0.15) is 25.8 Å². The van der Waals surface area contributed by atoms with Gasteiger partial charge in [0.2, 0.25) is 0 Å². The Morgan fingerprint density at radius 1 is 1.35 bits per heavy atom. The molecule has 0 aliphatic carbocycles. The molecule has 20 heavy (non-hydrogen) atoms. The van der Waals surface area contributed by atoms with Crippen molar-refractivity contribution in [3.8, 4) is 5.75 Å². The highest BCUT2D eigenvalue weighted by Crippen LogP contribution is 2.27. The fourth-order valence-electron chi connectivity index (χ4n) is 1.56. The molecule has 112 valence electrons. The standard InChI is InChI=1S/C15H21BrO4/c1-15(2,18)14(17)10-11-5-6-12(16)13(9-11)20-8-4-7-19-3/h5-6,9,18H,4,7-8,10H2,1-3H3. The molecule has 0 radical (unpaired) electrons. The summed E-state index contributed by atoms with van der Waals surface area (Å²) in [6, 6.07) is 5.51. The Kier molecular flexibility index (Phi) is 6.65. The van der Waals surface area contributed by atoms with E-state index in [4.69, 9.17) is 9.47 Å². The summed E-state index contributed by atoms with van der Waals surface area (Å²) in [5, 5.41) is 9.67. The van der Waals surface area contributed by atoms with Crippen LogP contribution < -0.4 is 4.74 Å². The van der Waals surface area contributed by atoms with Crippen molar-refractivity contribution in [3.63, 3.8) is 0 Å². The number of carbonyl (C=O) groups excluding carboxylic acids is 1. The Labute approximate surface area is 128 Å². The normalized spacial score (nSPS) is 11.4. The van der Waals surface area contributed by atoms with Crippen molar-refractivity contribution in [3.05, 3.63) is 28.2 Å². The molecule has 4 nitrogen and oxygen atoms in total. The molecule has 1 rings (SSSR count). The summed E-state index contributed by atoms with van der Waals surface area (Å²) in [5.41, 5.74) is -0.492. The summed E-state index contributed by atoms with van der Waals surface area (Å²) < 4.78 is 11.4. The van der Waals surface area contributed by atoms with Crippen LogP contribution in [-0.4, -0.2) is 36.8 Å². The lowest BCUT2D eigenvalue weighted by Crippen LogP contribution is -2.32. The maximum atomic E-state index is 11.8. The number of rotatable bonds is 8. The van der Waals surface area contributed by atoms with E-state index in [0.717, 1.165) is 16.5 Å². The molecule has 0 aliphatic rings. The van der Waals surface area contributed by atoms with Crippen molar-refractivity contribution < 1.29 is 19.4 Å². The summed E-state index contributed by atoms with van der Waals surface area (Å²) in [4.78, 5) is 11.8. The van der Waals surface area contributed by atoms with E-state index in [1.807, 2.05) is 18.2 Å². The topological polar surface area (TPSA) is 55.8 Å². The summed E-state index contributed by atoms with van der Waals surface area (Å²) in [7, 11) is 1.65. The van der Waals surface area contributed by atoms with Gasteiger partial charge < -0.3 is 14.6 Å². The quantitative estimate of drug-likeness (QED) is 0.736. The Balaban J connectivity index is 2.68. The number of carbonyl (C=O) groups is 1. The van der Waals surface area contributed by atoms with E-state index in [0.29, 0.717) is 19.0 Å². The largest absolute Gasteiger partial charge is 0.492 e. The zero-order valence-electron chi connectivity index (χ0n) is 12.1. The molecule has 1 aromatic rings. The summed E-state index contributed by atoms with van der Waals surface area (Å²) >= 11 is 3.41. The first-order valence-corrected chi connectivity index (χ1v) is 7.29. The van der Waals surface area contributed by atoms with Crippen LogP contribution in [0.4, 0.5) is 0 Å². The van der Waals surface area contributed by atoms with Gasteiger partial charge in [0.05, 0.1) is 11.1 Å². The van der Waals surface area contributed by atoms with E-state index < -0.39 is 5.60 Å². The van der Waals surface area contributed by atoms with Crippen LogP contribution in [0.25, 0.3) is 0 Å². The maximum absolute atomic E-state index is 11.8. The van der Waals surface area contributed by atoms with E-state index in [9.17, 15) is 9.90 Å².